The normalized spacial score (nSPS) is 10.8. The zero-order valence-electron chi connectivity index (χ0n) is 10.1. The van der Waals surface area contributed by atoms with Gasteiger partial charge in [0.05, 0.1) is 11.3 Å². The van der Waals surface area contributed by atoms with Crippen LogP contribution in [0.15, 0.2) is 24.3 Å². The second-order valence-corrected chi connectivity index (χ2v) is 4.98. The summed E-state index contributed by atoms with van der Waals surface area (Å²) in [5.41, 5.74) is 5.82. The van der Waals surface area contributed by atoms with E-state index in [0.29, 0.717) is 11.3 Å². The van der Waals surface area contributed by atoms with Crippen LogP contribution in [0.1, 0.15) is 31.1 Å². The predicted molar refractivity (Wildman–Crippen MR) is 72.0 cm³/mol. The van der Waals surface area contributed by atoms with E-state index < -0.39 is 11.6 Å². The lowest BCUT2D eigenvalue weighted by Gasteiger charge is -2.20. The molecule has 0 aliphatic rings. The molecule has 0 bridgehead atoms. The molecule has 1 aromatic carbocycles. The van der Waals surface area contributed by atoms with E-state index in [1.165, 1.54) is 0 Å². The summed E-state index contributed by atoms with van der Waals surface area (Å²) in [5.74, 6) is -0.406. The SMILES string of the molecule is CC(C)(C)OC(=O)c1ccccc1NC(N)=S. The fourth-order valence-electron chi connectivity index (χ4n) is 1.24. The van der Waals surface area contributed by atoms with Gasteiger partial charge in [0.15, 0.2) is 5.11 Å². The van der Waals surface area contributed by atoms with E-state index >= 15 is 0 Å². The number of esters is 1. The topological polar surface area (TPSA) is 64.3 Å². The Bertz CT molecular complexity index is 438. The van der Waals surface area contributed by atoms with E-state index in [1.54, 1.807) is 24.3 Å². The molecule has 5 heteroatoms. The number of carbonyl (C=O) groups excluding carboxylic acids is 1. The maximum atomic E-state index is 11.9. The molecule has 0 unspecified atom stereocenters. The number of thiocarbonyl (C=S) groups is 1. The van der Waals surface area contributed by atoms with E-state index in [-0.39, 0.29) is 5.11 Å². The molecular weight excluding hydrogens is 236 g/mol. The first-order valence-electron chi connectivity index (χ1n) is 5.18. The van der Waals surface area contributed by atoms with E-state index in [9.17, 15) is 4.79 Å². The van der Waals surface area contributed by atoms with Gasteiger partial charge in [-0.3, -0.25) is 0 Å². The van der Waals surface area contributed by atoms with Gasteiger partial charge in [-0.15, -0.1) is 0 Å². The predicted octanol–water partition coefficient (Wildman–Crippen LogP) is 2.30. The fraction of sp³-hybridized carbons (Fsp3) is 0.333. The van der Waals surface area contributed by atoms with Gasteiger partial charge in [-0.05, 0) is 45.1 Å². The molecule has 1 rings (SSSR count). The van der Waals surface area contributed by atoms with Crippen LogP contribution >= 0.6 is 12.2 Å². The van der Waals surface area contributed by atoms with Crippen LogP contribution in [0.2, 0.25) is 0 Å². The summed E-state index contributed by atoms with van der Waals surface area (Å²) in [6.45, 7) is 5.44. The van der Waals surface area contributed by atoms with Gasteiger partial charge in [0, 0.05) is 0 Å². The van der Waals surface area contributed by atoms with Crippen LogP contribution in [0.3, 0.4) is 0 Å². The Labute approximate surface area is 106 Å². The summed E-state index contributed by atoms with van der Waals surface area (Å²) in [5, 5.41) is 2.86. The number of ether oxygens (including phenoxy) is 1. The quantitative estimate of drug-likeness (QED) is 0.624. The van der Waals surface area contributed by atoms with Crippen molar-refractivity contribution in [2.45, 2.75) is 26.4 Å². The Kier molecular flexibility index (Phi) is 4.07. The molecule has 0 heterocycles. The highest BCUT2D eigenvalue weighted by molar-refractivity contribution is 7.80. The van der Waals surface area contributed by atoms with E-state index in [4.69, 9.17) is 22.7 Å². The summed E-state index contributed by atoms with van der Waals surface area (Å²) in [7, 11) is 0. The first kappa shape index (κ1) is 13.4. The lowest BCUT2D eigenvalue weighted by atomic mass is 10.1. The number of carbonyl (C=O) groups is 1. The maximum absolute atomic E-state index is 11.9. The highest BCUT2D eigenvalue weighted by Crippen LogP contribution is 2.19. The standard InChI is InChI=1S/C12H16N2O2S/c1-12(2,3)16-10(15)8-6-4-5-7-9(8)14-11(13)17/h4-7H,1-3H3,(H3,13,14,17). The highest BCUT2D eigenvalue weighted by Gasteiger charge is 2.20. The second-order valence-electron chi connectivity index (χ2n) is 4.54. The number of benzene rings is 1. The number of nitrogens with one attached hydrogen (secondary N) is 1. The van der Waals surface area contributed by atoms with Crippen molar-refractivity contribution in [2.75, 3.05) is 5.32 Å². The monoisotopic (exact) mass is 252 g/mol. The van der Waals surface area contributed by atoms with Crippen LogP contribution in [-0.2, 0) is 4.74 Å². The van der Waals surface area contributed by atoms with Crippen LogP contribution in [0.25, 0.3) is 0 Å². The Hall–Kier alpha value is -1.62. The number of hydrogen-bond donors (Lipinski definition) is 2. The van der Waals surface area contributed by atoms with Crippen LogP contribution < -0.4 is 11.1 Å². The third-order valence-corrected chi connectivity index (χ3v) is 1.91. The molecule has 0 amide bonds. The van der Waals surface area contributed by atoms with Gasteiger partial charge < -0.3 is 15.8 Å². The Morgan fingerprint density at radius 1 is 1.35 bits per heavy atom. The van der Waals surface area contributed by atoms with Gasteiger partial charge in [0.2, 0.25) is 0 Å². The number of para-hydroxylation sites is 1. The van der Waals surface area contributed by atoms with Crippen LogP contribution in [-0.4, -0.2) is 16.7 Å². The molecule has 4 nitrogen and oxygen atoms in total. The molecule has 0 saturated heterocycles. The highest BCUT2D eigenvalue weighted by atomic mass is 32.1. The molecule has 17 heavy (non-hydrogen) atoms. The molecular formula is C12H16N2O2S. The van der Waals surface area contributed by atoms with Gasteiger partial charge in [-0.25, -0.2) is 4.79 Å². The zero-order chi connectivity index (χ0) is 13.1. The molecule has 0 fully saturated rings. The minimum atomic E-state index is -0.534. The van der Waals surface area contributed by atoms with Crippen molar-refractivity contribution in [3.05, 3.63) is 29.8 Å². The van der Waals surface area contributed by atoms with Crippen molar-refractivity contribution in [3.8, 4) is 0 Å². The molecule has 92 valence electrons. The molecule has 0 radical (unpaired) electrons. The average Bonchev–Trinajstić information content (AvgIpc) is 2.14. The maximum Gasteiger partial charge on any atom is 0.340 e. The summed E-state index contributed by atoms with van der Waals surface area (Å²) in [6, 6.07) is 6.92. The molecule has 0 spiro atoms. The molecule has 1 aromatic rings. The lowest BCUT2D eigenvalue weighted by Crippen LogP contribution is -2.26. The summed E-state index contributed by atoms with van der Waals surface area (Å²) >= 11 is 4.75. The van der Waals surface area contributed by atoms with E-state index in [0.717, 1.165) is 0 Å². The number of rotatable bonds is 2. The van der Waals surface area contributed by atoms with Crippen LogP contribution in [0.5, 0.6) is 0 Å². The Morgan fingerprint density at radius 3 is 2.47 bits per heavy atom. The second kappa shape index (κ2) is 5.14. The van der Waals surface area contributed by atoms with Crippen molar-refractivity contribution in [3.63, 3.8) is 0 Å². The molecule has 3 N–H and O–H groups in total. The number of anilines is 1. The van der Waals surface area contributed by atoms with Gasteiger partial charge in [0.1, 0.15) is 5.60 Å². The number of hydrogen-bond acceptors (Lipinski definition) is 3. The minimum absolute atomic E-state index is 0.112. The van der Waals surface area contributed by atoms with Crippen molar-refractivity contribution in [1.82, 2.24) is 0 Å². The fourth-order valence-corrected chi connectivity index (χ4v) is 1.35. The zero-order valence-corrected chi connectivity index (χ0v) is 10.9. The number of nitrogens with two attached hydrogens (primary N) is 1. The Balaban J connectivity index is 2.97. The van der Waals surface area contributed by atoms with Gasteiger partial charge >= 0.3 is 5.97 Å². The van der Waals surface area contributed by atoms with Gasteiger partial charge in [-0.2, -0.15) is 0 Å². The van der Waals surface area contributed by atoms with Crippen LogP contribution in [0.4, 0.5) is 5.69 Å². The molecule has 0 aliphatic carbocycles. The third-order valence-electron chi connectivity index (χ3n) is 1.80. The van der Waals surface area contributed by atoms with Gasteiger partial charge in [-0.1, -0.05) is 12.1 Å². The van der Waals surface area contributed by atoms with E-state index in [2.05, 4.69) is 5.32 Å². The van der Waals surface area contributed by atoms with Crippen molar-refractivity contribution in [1.29, 1.82) is 0 Å². The van der Waals surface area contributed by atoms with Crippen molar-refractivity contribution in [2.24, 2.45) is 5.73 Å². The molecule has 0 atom stereocenters. The first-order chi connectivity index (χ1) is 7.79. The smallest absolute Gasteiger partial charge is 0.340 e. The first-order valence-corrected chi connectivity index (χ1v) is 5.59. The minimum Gasteiger partial charge on any atom is -0.456 e. The molecule has 0 aliphatic heterocycles. The molecule has 0 aromatic heterocycles. The summed E-state index contributed by atoms with van der Waals surface area (Å²) in [4.78, 5) is 11.9. The van der Waals surface area contributed by atoms with E-state index in [1.807, 2.05) is 20.8 Å². The third kappa shape index (κ3) is 4.40. The van der Waals surface area contributed by atoms with Crippen LogP contribution in [0, 0.1) is 0 Å². The largest absolute Gasteiger partial charge is 0.456 e. The van der Waals surface area contributed by atoms with Crippen molar-refractivity contribution < 1.29 is 9.53 Å². The average molecular weight is 252 g/mol. The Morgan fingerprint density at radius 2 is 1.94 bits per heavy atom. The van der Waals surface area contributed by atoms with Gasteiger partial charge in [0.25, 0.3) is 0 Å². The lowest BCUT2D eigenvalue weighted by molar-refractivity contribution is 0.00708. The molecule has 0 saturated carbocycles. The summed E-state index contributed by atoms with van der Waals surface area (Å²) in [6.07, 6.45) is 0. The van der Waals surface area contributed by atoms with Crippen molar-refractivity contribution >= 4 is 29.0 Å². The summed E-state index contributed by atoms with van der Waals surface area (Å²) < 4.78 is 5.28.